The largest absolute Gasteiger partial charge is 0.352 e. The molecule has 0 saturated carbocycles. The summed E-state index contributed by atoms with van der Waals surface area (Å²) in [6.45, 7) is 3.78. The topological polar surface area (TPSA) is 72.2 Å². The zero-order chi connectivity index (χ0) is 14.0. The molecule has 1 aliphatic rings. The van der Waals surface area contributed by atoms with Crippen LogP contribution in [0.2, 0.25) is 0 Å². The summed E-state index contributed by atoms with van der Waals surface area (Å²) < 4.78 is 0. The number of anilines is 1. The van der Waals surface area contributed by atoms with Crippen LogP contribution in [0.15, 0.2) is 47.2 Å². The average molecular weight is 256 g/mol. The molecule has 4 nitrogen and oxygen atoms in total. The molecule has 0 spiro atoms. The molecule has 0 heterocycles. The van der Waals surface area contributed by atoms with E-state index in [0.29, 0.717) is 23.4 Å². The molecule has 0 atom stereocenters. The van der Waals surface area contributed by atoms with Gasteiger partial charge in [0.2, 0.25) is 5.78 Å². The number of allylic oxidation sites excluding steroid dienone is 3. The van der Waals surface area contributed by atoms with Gasteiger partial charge in [-0.15, -0.1) is 0 Å². The zero-order valence-corrected chi connectivity index (χ0v) is 11.0. The minimum Gasteiger partial charge on any atom is -0.352 e. The normalized spacial score (nSPS) is 15.6. The van der Waals surface area contributed by atoms with Gasteiger partial charge in [0.1, 0.15) is 0 Å². The zero-order valence-electron chi connectivity index (χ0n) is 11.0. The number of carbonyl (C=O) groups is 2. The molecule has 98 valence electrons. The lowest BCUT2D eigenvalue weighted by Gasteiger charge is -2.16. The Bertz CT molecular complexity index is 595. The third kappa shape index (κ3) is 2.63. The minimum absolute atomic E-state index is 0.0966. The van der Waals surface area contributed by atoms with Crippen molar-refractivity contribution in [3.05, 3.63) is 52.7 Å². The summed E-state index contributed by atoms with van der Waals surface area (Å²) in [5, 5.41) is 3.01. The van der Waals surface area contributed by atoms with Gasteiger partial charge in [0.15, 0.2) is 5.78 Å². The highest BCUT2D eigenvalue weighted by atomic mass is 16.1. The van der Waals surface area contributed by atoms with Crippen LogP contribution in [-0.2, 0) is 16.1 Å². The molecule has 0 unspecified atom stereocenters. The lowest BCUT2D eigenvalue weighted by molar-refractivity contribution is -0.115. The highest BCUT2D eigenvalue weighted by Crippen LogP contribution is 2.21. The number of hydrogen-bond acceptors (Lipinski definition) is 4. The SMILES string of the molecule is CC1=CC(=O)C(Nc2ccc(CN)cc2)=C(C)C1=O. The van der Waals surface area contributed by atoms with Gasteiger partial charge in [-0.05, 0) is 37.6 Å². The van der Waals surface area contributed by atoms with Crippen molar-refractivity contribution in [3.8, 4) is 0 Å². The Morgan fingerprint density at radius 3 is 2.32 bits per heavy atom. The summed E-state index contributed by atoms with van der Waals surface area (Å²) in [7, 11) is 0. The van der Waals surface area contributed by atoms with E-state index in [1.54, 1.807) is 13.8 Å². The molecule has 1 aromatic carbocycles. The summed E-state index contributed by atoms with van der Waals surface area (Å²) >= 11 is 0. The van der Waals surface area contributed by atoms with Gasteiger partial charge >= 0.3 is 0 Å². The molecule has 3 N–H and O–H groups in total. The van der Waals surface area contributed by atoms with Gasteiger partial charge in [-0.2, -0.15) is 0 Å². The van der Waals surface area contributed by atoms with Crippen LogP contribution in [0.1, 0.15) is 19.4 Å². The van der Waals surface area contributed by atoms with Gasteiger partial charge < -0.3 is 11.1 Å². The average Bonchev–Trinajstić information content (AvgIpc) is 2.42. The molecule has 1 aliphatic carbocycles. The van der Waals surface area contributed by atoms with Gasteiger partial charge in [-0.25, -0.2) is 0 Å². The fourth-order valence-corrected chi connectivity index (χ4v) is 1.95. The monoisotopic (exact) mass is 256 g/mol. The second kappa shape index (κ2) is 5.20. The lowest BCUT2D eigenvalue weighted by Crippen LogP contribution is -2.21. The van der Waals surface area contributed by atoms with Crippen molar-refractivity contribution in [2.75, 3.05) is 5.32 Å². The Labute approximate surface area is 112 Å². The second-order valence-corrected chi connectivity index (χ2v) is 4.55. The van der Waals surface area contributed by atoms with E-state index in [4.69, 9.17) is 5.73 Å². The van der Waals surface area contributed by atoms with E-state index in [0.717, 1.165) is 11.3 Å². The highest BCUT2D eigenvalue weighted by Gasteiger charge is 2.23. The number of hydrogen-bond donors (Lipinski definition) is 2. The van der Waals surface area contributed by atoms with E-state index in [1.807, 2.05) is 24.3 Å². The fraction of sp³-hybridized carbons (Fsp3) is 0.200. The molecule has 1 aromatic rings. The standard InChI is InChI=1S/C15H16N2O2/c1-9-7-13(18)14(10(2)15(9)19)17-12-5-3-11(8-16)4-6-12/h3-7,17H,8,16H2,1-2H3. The Morgan fingerprint density at radius 2 is 1.74 bits per heavy atom. The number of ketones is 2. The molecule has 2 rings (SSSR count). The molecule has 0 aromatic heterocycles. The molecular weight excluding hydrogens is 240 g/mol. The van der Waals surface area contributed by atoms with Crippen molar-refractivity contribution in [1.82, 2.24) is 0 Å². The number of rotatable bonds is 3. The number of nitrogens with two attached hydrogens (primary N) is 1. The third-order valence-corrected chi connectivity index (χ3v) is 3.13. The predicted octanol–water partition coefficient (Wildman–Crippen LogP) is 1.93. The summed E-state index contributed by atoms with van der Waals surface area (Å²) in [6, 6.07) is 7.44. The van der Waals surface area contributed by atoms with Gasteiger partial charge in [0, 0.05) is 23.4 Å². The first kappa shape index (κ1) is 13.2. The van der Waals surface area contributed by atoms with Crippen LogP contribution < -0.4 is 11.1 Å². The molecule has 0 aliphatic heterocycles. The Balaban J connectivity index is 2.27. The maximum Gasteiger partial charge on any atom is 0.202 e. The van der Waals surface area contributed by atoms with Crippen LogP contribution in [0, 0.1) is 0 Å². The summed E-state index contributed by atoms with van der Waals surface area (Å²) in [5.74, 6) is -0.266. The third-order valence-electron chi connectivity index (χ3n) is 3.13. The number of nitrogens with one attached hydrogen (secondary N) is 1. The second-order valence-electron chi connectivity index (χ2n) is 4.55. The molecule has 4 heteroatoms. The van der Waals surface area contributed by atoms with Crippen LogP contribution in [0.4, 0.5) is 5.69 Å². The maximum atomic E-state index is 11.9. The van der Waals surface area contributed by atoms with E-state index >= 15 is 0 Å². The number of Topliss-reactive ketones (excluding diaryl/α,β-unsaturated/α-hetero) is 1. The number of benzene rings is 1. The summed E-state index contributed by atoms with van der Waals surface area (Å²) in [6.07, 6.45) is 1.37. The molecule has 0 bridgehead atoms. The van der Waals surface area contributed by atoms with Crippen molar-refractivity contribution in [1.29, 1.82) is 0 Å². The van der Waals surface area contributed by atoms with Crippen LogP contribution >= 0.6 is 0 Å². The smallest absolute Gasteiger partial charge is 0.202 e. The lowest BCUT2D eigenvalue weighted by atomic mass is 9.95. The van der Waals surface area contributed by atoms with Crippen LogP contribution in [-0.4, -0.2) is 11.6 Å². The molecular formula is C15H16N2O2. The first-order valence-corrected chi connectivity index (χ1v) is 6.07. The molecule has 0 saturated heterocycles. The van der Waals surface area contributed by atoms with E-state index in [9.17, 15) is 9.59 Å². The van der Waals surface area contributed by atoms with Gasteiger partial charge in [-0.3, -0.25) is 9.59 Å². The highest BCUT2D eigenvalue weighted by molar-refractivity contribution is 6.23. The molecule has 0 fully saturated rings. The Kier molecular flexibility index (Phi) is 3.62. The van der Waals surface area contributed by atoms with E-state index in [1.165, 1.54) is 6.08 Å². The van der Waals surface area contributed by atoms with E-state index < -0.39 is 0 Å². The fourth-order valence-electron chi connectivity index (χ4n) is 1.95. The minimum atomic E-state index is -0.169. The molecule has 0 amide bonds. The summed E-state index contributed by atoms with van der Waals surface area (Å²) in [4.78, 5) is 23.8. The molecule has 0 radical (unpaired) electrons. The summed E-state index contributed by atoms with van der Waals surface area (Å²) in [5.41, 5.74) is 8.58. The van der Waals surface area contributed by atoms with E-state index in [2.05, 4.69) is 5.32 Å². The van der Waals surface area contributed by atoms with E-state index in [-0.39, 0.29) is 11.6 Å². The first-order chi connectivity index (χ1) is 9.02. The van der Waals surface area contributed by atoms with Gasteiger partial charge in [0.25, 0.3) is 0 Å². The van der Waals surface area contributed by atoms with Crippen molar-refractivity contribution in [3.63, 3.8) is 0 Å². The van der Waals surface area contributed by atoms with Crippen LogP contribution in [0.25, 0.3) is 0 Å². The van der Waals surface area contributed by atoms with Crippen molar-refractivity contribution < 1.29 is 9.59 Å². The Morgan fingerprint density at radius 1 is 1.11 bits per heavy atom. The van der Waals surface area contributed by atoms with Gasteiger partial charge in [-0.1, -0.05) is 12.1 Å². The Hall–Kier alpha value is -2.20. The van der Waals surface area contributed by atoms with Crippen molar-refractivity contribution in [2.45, 2.75) is 20.4 Å². The van der Waals surface area contributed by atoms with Crippen molar-refractivity contribution >= 4 is 17.3 Å². The van der Waals surface area contributed by atoms with Crippen LogP contribution in [0.3, 0.4) is 0 Å². The van der Waals surface area contributed by atoms with Gasteiger partial charge in [0.05, 0.1) is 5.70 Å². The maximum absolute atomic E-state index is 11.9. The van der Waals surface area contributed by atoms with Crippen LogP contribution in [0.5, 0.6) is 0 Å². The molecule has 19 heavy (non-hydrogen) atoms. The first-order valence-electron chi connectivity index (χ1n) is 6.07. The predicted molar refractivity (Wildman–Crippen MR) is 74.4 cm³/mol. The number of carbonyl (C=O) groups excluding carboxylic acids is 2. The van der Waals surface area contributed by atoms with Crippen molar-refractivity contribution in [2.24, 2.45) is 5.73 Å². The quantitative estimate of drug-likeness (QED) is 0.810.